The van der Waals surface area contributed by atoms with Crippen LogP contribution >= 0.6 is 0 Å². The maximum atomic E-state index is 6.11. The Labute approximate surface area is 87.0 Å². The van der Waals surface area contributed by atoms with Crippen LogP contribution in [-0.4, -0.2) is 18.0 Å². The predicted octanol–water partition coefficient (Wildman–Crippen LogP) is 3.25. The van der Waals surface area contributed by atoms with E-state index >= 15 is 0 Å². The molecule has 0 aromatic heterocycles. The Morgan fingerprint density at radius 1 is 1.14 bits per heavy atom. The monoisotopic (exact) mass is 198 g/mol. The van der Waals surface area contributed by atoms with Crippen molar-refractivity contribution in [2.75, 3.05) is 0 Å². The number of ether oxygens (including phenoxy) is 2. The Morgan fingerprint density at radius 2 is 1.86 bits per heavy atom. The smallest absolute Gasteiger partial charge is 0.169 e. The zero-order chi connectivity index (χ0) is 10.0. The van der Waals surface area contributed by atoms with Gasteiger partial charge in [-0.3, -0.25) is 0 Å². The zero-order valence-corrected chi connectivity index (χ0v) is 9.42. The largest absolute Gasteiger partial charge is 0.347 e. The van der Waals surface area contributed by atoms with Gasteiger partial charge in [0.25, 0.3) is 0 Å². The van der Waals surface area contributed by atoms with E-state index in [4.69, 9.17) is 9.47 Å². The molecule has 0 aromatic rings. The molecule has 82 valence electrons. The lowest BCUT2D eigenvalue weighted by Gasteiger charge is -2.45. The van der Waals surface area contributed by atoms with Crippen molar-refractivity contribution in [3.05, 3.63) is 0 Å². The maximum Gasteiger partial charge on any atom is 0.169 e. The third-order valence-corrected chi connectivity index (χ3v) is 3.50. The summed E-state index contributed by atoms with van der Waals surface area (Å²) in [5.41, 5.74) is 0. The quantitative estimate of drug-likeness (QED) is 0.644. The molecule has 0 aliphatic carbocycles. The molecule has 14 heavy (non-hydrogen) atoms. The van der Waals surface area contributed by atoms with Gasteiger partial charge in [0, 0.05) is 12.8 Å². The minimum Gasteiger partial charge on any atom is -0.347 e. The first-order valence-corrected chi connectivity index (χ1v) is 6.10. The highest BCUT2D eigenvalue weighted by molar-refractivity contribution is 4.82. The number of rotatable bonds is 1. The second-order valence-electron chi connectivity index (χ2n) is 4.77. The summed E-state index contributed by atoms with van der Waals surface area (Å²) < 4.78 is 12.1. The van der Waals surface area contributed by atoms with Gasteiger partial charge in [0.15, 0.2) is 5.79 Å². The molecule has 2 heteroatoms. The molecule has 3 atom stereocenters. The molecule has 0 bridgehead atoms. The number of hydrogen-bond acceptors (Lipinski definition) is 2. The van der Waals surface area contributed by atoms with Crippen molar-refractivity contribution < 1.29 is 9.47 Å². The average molecular weight is 198 g/mol. The van der Waals surface area contributed by atoms with Gasteiger partial charge >= 0.3 is 0 Å². The maximum absolute atomic E-state index is 6.11. The summed E-state index contributed by atoms with van der Waals surface area (Å²) in [5, 5.41) is 0. The van der Waals surface area contributed by atoms with Crippen LogP contribution in [0.15, 0.2) is 0 Å². The lowest BCUT2D eigenvalue weighted by Crippen LogP contribution is -2.47. The lowest BCUT2D eigenvalue weighted by molar-refractivity contribution is -0.312. The molecular weight excluding hydrogens is 176 g/mol. The van der Waals surface area contributed by atoms with Crippen LogP contribution in [0.1, 0.15) is 58.8 Å². The van der Waals surface area contributed by atoms with Crippen molar-refractivity contribution in [2.24, 2.45) is 0 Å². The van der Waals surface area contributed by atoms with Gasteiger partial charge in [-0.2, -0.15) is 0 Å². The Hall–Kier alpha value is -0.0800. The van der Waals surface area contributed by atoms with Gasteiger partial charge in [-0.05, 0) is 39.0 Å². The highest BCUT2D eigenvalue weighted by Gasteiger charge is 2.40. The van der Waals surface area contributed by atoms with Crippen molar-refractivity contribution in [3.63, 3.8) is 0 Å². The Morgan fingerprint density at radius 3 is 2.50 bits per heavy atom. The molecule has 0 saturated carbocycles. The van der Waals surface area contributed by atoms with Gasteiger partial charge in [-0.25, -0.2) is 0 Å². The summed E-state index contributed by atoms with van der Waals surface area (Å²) >= 11 is 0. The van der Waals surface area contributed by atoms with Gasteiger partial charge < -0.3 is 9.47 Å². The van der Waals surface area contributed by atoms with E-state index in [-0.39, 0.29) is 5.79 Å². The van der Waals surface area contributed by atoms with Gasteiger partial charge in [0.1, 0.15) is 0 Å². The summed E-state index contributed by atoms with van der Waals surface area (Å²) in [6.45, 7) is 4.37. The van der Waals surface area contributed by atoms with Crippen LogP contribution in [0.3, 0.4) is 0 Å². The van der Waals surface area contributed by atoms with E-state index in [2.05, 4.69) is 13.8 Å². The van der Waals surface area contributed by atoms with E-state index in [1.807, 2.05) is 0 Å². The van der Waals surface area contributed by atoms with Gasteiger partial charge in [-0.15, -0.1) is 0 Å². The summed E-state index contributed by atoms with van der Waals surface area (Å²) in [5.74, 6) is -0.198. The lowest BCUT2D eigenvalue weighted by atomic mass is 9.92. The molecule has 0 aromatic carbocycles. The molecule has 2 heterocycles. The zero-order valence-electron chi connectivity index (χ0n) is 9.42. The highest BCUT2D eigenvalue weighted by Crippen LogP contribution is 2.39. The van der Waals surface area contributed by atoms with Crippen LogP contribution < -0.4 is 0 Å². The third-order valence-electron chi connectivity index (χ3n) is 3.50. The molecule has 2 nitrogen and oxygen atoms in total. The van der Waals surface area contributed by atoms with Crippen molar-refractivity contribution in [1.82, 2.24) is 0 Å². The standard InChI is InChI=1S/C12H22O2/c1-3-11-7-5-9-12(14-11)8-4-6-10(2)13-12/h10-11H,3-9H2,1-2H3. The van der Waals surface area contributed by atoms with Crippen LogP contribution in [0, 0.1) is 0 Å². The number of hydrogen-bond donors (Lipinski definition) is 0. The normalized spacial score (nSPS) is 44.1. The van der Waals surface area contributed by atoms with Crippen molar-refractivity contribution in [2.45, 2.75) is 76.8 Å². The molecule has 2 rings (SSSR count). The van der Waals surface area contributed by atoms with Crippen LogP contribution in [-0.2, 0) is 9.47 Å². The van der Waals surface area contributed by atoms with Gasteiger partial charge in [-0.1, -0.05) is 6.92 Å². The first-order valence-electron chi connectivity index (χ1n) is 6.10. The molecular formula is C12H22O2. The van der Waals surface area contributed by atoms with Crippen LogP contribution in [0.2, 0.25) is 0 Å². The first-order chi connectivity index (χ1) is 6.74. The molecule has 0 radical (unpaired) electrons. The van der Waals surface area contributed by atoms with E-state index in [1.165, 1.54) is 25.7 Å². The van der Waals surface area contributed by atoms with Crippen LogP contribution in [0.5, 0.6) is 0 Å². The third kappa shape index (κ3) is 2.12. The van der Waals surface area contributed by atoms with E-state index in [1.54, 1.807) is 0 Å². The Balaban J connectivity index is 1.99. The average Bonchev–Trinajstić information content (AvgIpc) is 2.17. The SMILES string of the molecule is CCC1CCCC2(CCCC(C)O2)O1. The summed E-state index contributed by atoms with van der Waals surface area (Å²) in [6.07, 6.45) is 9.11. The van der Waals surface area contributed by atoms with Gasteiger partial charge in [0.05, 0.1) is 12.2 Å². The fourth-order valence-corrected chi connectivity index (χ4v) is 2.72. The summed E-state index contributed by atoms with van der Waals surface area (Å²) in [6, 6.07) is 0. The second kappa shape index (κ2) is 4.19. The fraction of sp³-hybridized carbons (Fsp3) is 1.00. The molecule has 2 aliphatic heterocycles. The van der Waals surface area contributed by atoms with E-state index < -0.39 is 0 Å². The highest BCUT2D eigenvalue weighted by atomic mass is 16.7. The van der Waals surface area contributed by atoms with Crippen molar-refractivity contribution in [3.8, 4) is 0 Å². The fourth-order valence-electron chi connectivity index (χ4n) is 2.72. The minimum atomic E-state index is -0.198. The molecule has 2 saturated heterocycles. The minimum absolute atomic E-state index is 0.198. The van der Waals surface area contributed by atoms with Crippen LogP contribution in [0.25, 0.3) is 0 Å². The van der Waals surface area contributed by atoms with E-state index in [0.717, 1.165) is 19.3 Å². The predicted molar refractivity (Wildman–Crippen MR) is 56.1 cm³/mol. The van der Waals surface area contributed by atoms with Crippen LogP contribution in [0.4, 0.5) is 0 Å². The van der Waals surface area contributed by atoms with Gasteiger partial charge in [0.2, 0.25) is 0 Å². The summed E-state index contributed by atoms with van der Waals surface area (Å²) in [4.78, 5) is 0. The second-order valence-corrected chi connectivity index (χ2v) is 4.77. The Kier molecular flexibility index (Phi) is 3.13. The Bertz CT molecular complexity index is 189. The van der Waals surface area contributed by atoms with E-state index in [9.17, 15) is 0 Å². The topological polar surface area (TPSA) is 18.5 Å². The molecule has 0 N–H and O–H groups in total. The molecule has 0 amide bonds. The molecule has 2 fully saturated rings. The van der Waals surface area contributed by atoms with Crippen molar-refractivity contribution in [1.29, 1.82) is 0 Å². The first kappa shape index (κ1) is 10.4. The summed E-state index contributed by atoms with van der Waals surface area (Å²) in [7, 11) is 0. The molecule has 3 unspecified atom stereocenters. The molecule has 2 aliphatic rings. The van der Waals surface area contributed by atoms with E-state index in [0.29, 0.717) is 12.2 Å². The molecule has 1 spiro atoms. The van der Waals surface area contributed by atoms with Crippen molar-refractivity contribution >= 4 is 0 Å².